The number of hydrogen-bond donors (Lipinski definition) is 2. The number of hydrazone groups is 1. The lowest BCUT2D eigenvalue weighted by Crippen LogP contribution is -2.18. The highest BCUT2D eigenvalue weighted by Crippen LogP contribution is 2.34. The highest BCUT2D eigenvalue weighted by molar-refractivity contribution is 9.10. The molecule has 0 aromatic heterocycles. The van der Waals surface area contributed by atoms with Gasteiger partial charge in [-0.1, -0.05) is 11.6 Å². The summed E-state index contributed by atoms with van der Waals surface area (Å²) in [6, 6.07) is 7.93. The Morgan fingerprint density at radius 2 is 1.96 bits per heavy atom. The Kier molecular flexibility index (Phi) is 6.05. The van der Waals surface area contributed by atoms with Gasteiger partial charge >= 0.3 is 0 Å². The number of hydrogen-bond acceptors (Lipinski definition) is 5. The largest absolute Gasteiger partial charge is 0.503 e. The average Bonchev–Trinajstić information content (AvgIpc) is 2.57. The third-order valence-corrected chi connectivity index (χ3v) is 3.90. The van der Waals surface area contributed by atoms with Crippen LogP contribution < -0.4 is 14.9 Å². The molecule has 0 spiro atoms. The summed E-state index contributed by atoms with van der Waals surface area (Å²) in [6.07, 6.45) is 1.42. The second-order valence-corrected chi connectivity index (χ2v) is 5.89. The number of carbonyl (C=O) groups is 1. The van der Waals surface area contributed by atoms with Gasteiger partial charge in [-0.15, -0.1) is 0 Å². The van der Waals surface area contributed by atoms with Gasteiger partial charge in [-0.2, -0.15) is 5.10 Å². The Morgan fingerprint density at radius 1 is 1.25 bits per heavy atom. The van der Waals surface area contributed by atoms with Crippen molar-refractivity contribution in [3.05, 3.63) is 51.0 Å². The molecule has 0 radical (unpaired) electrons. The number of halogens is 2. The summed E-state index contributed by atoms with van der Waals surface area (Å²) in [5.41, 5.74) is 3.28. The topological polar surface area (TPSA) is 80.2 Å². The van der Waals surface area contributed by atoms with E-state index in [-0.39, 0.29) is 17.1 Å². The van der Waals surface area contributed by atoms with Crippen LogP contribution in [0.3, 0.4) is 0 Å². The number of methoxy groups -OCH3 is 2. The van der Waals surface area contributed by atoms with Gasteiger partial charge in [0.25, 0.3) is 5.91 Å². The van der Waals surface area contributed by atoms with Gasteiger partial charge in [-0.05, 0) is 51.8 Å². The van der Waals surface area contributed by atoms with Crippen LogP contribution in [0.1, 0.15) is 15.9 Å². The molecule has 6 nitrogen and oxygen atoms in total. The summed E-state index contributed by atoms with van der Waals surface area (Å²) in [7, 11) is 2.90. The van der Waals surface area contributed by atoms with Crippen molar-refractivity contribution in [2.45, 2.75) is 0 Å². The Balaban J connectivity index is 2.16. The van der Waals surface area contributed by atoms with Gasteiger partial charge in [0.1, 0.15) is 5.75 Å². The van der Waals surface area contributed by atoms with Crippen molar-refractivity contribution in [2.75, 3.05) is 14.2 Å². The number of phenolic OH excluding ortho intramolecular Hbond substituents is 1. The monoisotopic (exact) mass is 412 g/mol. The van der Waals surface area contributed by atoms with E-state index in [1.54, 1.807) is 24.3 Å². The zero-order valence-electron chi connectivity index (χ0n) is 12.8. The molecule has 0 aliphatic rings. The van der Waals surface area contributed by atoms with Crippen LogP contribution in [0.5, 0.6) is 17.2 Å². The van der Waals surface area contributed by atoms with Crippen LogP contribution in [0.15, 0.2) is 39.9 Å². The predicted octanol–water partition coefficient (Wildman–Crippen LogP) is 3.59. The fraction of sp³-hybridized carbons (Fsp3) is 0.125. The van der Waals surface area contributed by atoms with Crippen molar-refractivity contribution in [2.24, 2.45) is 5.10 Å². The molecule has 0 heterocycles. The molecule has 0 fully saturated rings. The minimum atomic E-state index is -0.463. The van der Waals surface area contributed by atoms with Gasteiger partial charge < -0.3 is 14.6 Å². The molecule has 126 valence electrons. The number of amides is 1. The van der Waals surface area contributed by atoms with Crippen molar-refractivity contribution in [1.82, 2.24) is 5.43 Å². The van der Waals surface area contributed by atoms with Crippen LogP contribution in [0, 0.1) is 0 Å². The fourth-order valence-electron chi connectivity index (χ4n) is 1.91. The summed E-state index contributed by atoms with van der Waals surface area (Å²) in [6.45, 7) is 0. The molecule has 24 heavy (non-hydrogen) atoms. The maximum atomic E-state index is 12.2. The number of nitrogens with zero attached hydrogens (tertiary/aromatic N) is 1. The second-order valence-electron chi connectivity index (χ2n) is 4.60. The molecular weight excluding hydrogens is 400 g/mol. The Morgan fingerprint density at radius 3 is 2.62 bits per heavy atom. The lowest BCUT2D eigenvalue weighted by molar-refractivity contribution is 0.0952. The first kappa shape index (κ1) is 18.1. The number of aromatic hydroxyl groups is 1. The molecule has 2 aromatic rings. The third-order valence-electron chi connectivity index (χ3n) is 3.06. The van der Waals surface area contributed by atoms with Crippen molar-refractivity contribution >= 4 is 39.7 Å². The summed E-state index contributed by atoms with van der Waals surface area (Å²) >= 11 is 9.11. The van der Waals surface area contributed by atoms with Crippen LogP contribution in [0.2, 0.25) is 5.02 Å². The minimum Gasteiger partial charge on any atom is -0.503 e. The molecule has 0 aliphatic carbocycles. The smallest absolute Gasteiger partial charge is 0.275 e. The summed E-state index contributed by atoms with van der Waals surface area (Å²) in [5, 5.41) is 14.1. The number of benzene rings is 2. The summed E-state index contributed by atoms with van der Waals surface area (Å²) in [5.74, 6) is 0.201. The number of nitrogens with one attached hydrogen (secondary N) is 1. The molecule has 2 rings (SSSR count). The number of rotatable bonds is 5. The Hall–Kier alpha value is -2.25. The third kappa shape index (κ3) is 4.18. The van der Waals surface area contributed by atoms with E-state index in [2.05, 4.69) is 26.5 Å². The summed E-state index contributed by atoms with van der Waals surface area (Å²) < 4.78 is 10.6. The lowest BCUT2D eigenvalue weighted by atomic mass is 10.2. The van der Waals surface area contributed by atoms with Gasteiger partial charge in [0, 0.05) is 5.02 Å². The van der Waals surface area contributed by atoms with Gasteiger partial charge in [0.15, 0.2) is 11.5 Å². The molecule has 8 heteroatoms. The highest BCUT2D eigenvalue weighted by atomic mass is 79.9. The highest BCUT2D eigenvalue weighted by Gasteiger charge is 2.12. The first-order chi connectivity index (χ1) is 11.5. The van der Waals surface area contributed by atoms with Crippen LogP contribution in [-0.4, -0.2) is 31.4 Å². The SMILES string of the molecule is COc1ccc(Cl)cc1C(=O)NN=Cc1cc(Br)c(O)c(OC)c1. The van der Waals surface area contributed by atoms with E-state index in [9.17, 15) is 9.90 Å². The molecule has 0 unspecified atom stereocenters. The van der Waals surface area contributed by atoms with E-state index in [1.165, 1.54) is 26.5 Å². The van der Waals surface area contributed by atoms with Gasteiger partial charge in [0.05, 0.1) is 30.5 Å². The number of phenols is 1. The van der Waals surface area contributed by atoms with E-state index in [1.807, 2.05) is 0 Å². The van der Waals surface area contributed by atoms with Crippen LogP contribution in [0.4, 0.5) is 0 Å². The normalized spacial score (nSPS) is 10.7. The summed E-state index contributed by atoms with van der Waals surface area (Å²) in [4.78, 5) is 12.2. The van der Waals surface area contributed by atoms with Crippen LogP contribution in [-0.2, 0) is 0 Å². The average molecular weight is 414 g/mol. The zero-order valence-corrected chi connectivity index (χ0v) is 15.2. The van der Waals surface area contributed by atoms with Crippen LogP contribution in [0.25, 0.3) is 0 Å². The molecule has 0 atom stereocenters. The van der Waals surface area contributed by atoms with E-state index < -0.39 is 5.91 Å². The van der Waals surface area contributed by atoms with E-state index in [0.29, 0.717) is 20.8 Å². The van der Waals surface area contributed by atoms with E-state index in [4.69, 9.17) is 21.1 Å². The van der Waals surface area contributed by atoms with Crippen molar-refractivity contribution in [3.63, 3.8) is 0 Å². The zero-order chi connectivity index (χ0) is 17.7. The minimum absolute atomic E-state index is 0.0117. The van der Waals surface area contributed by atoms with E-state index in [0.717, 1.165) is 0 Å². The van der Waals surface area contributed by atoms with Crippen LogP contribution >= 0.6 is 27.5 Å². The predicted molar refractivity (Wildman–Crippen MR) is 95.4 cm³/mol. The standard InChI is InChI=1S/C16H14BrClN2O4/c1-23-13-4-3-10(18)7-11(13)16(22)20-19-8-9-5-12(17)15(21)14(6-9)24-2/h3-8,21H,1-2H3,(H,20,22). The molecule has 0 aliphatic heterocycles. The molecule has 1 amide bonds. The first-order valence-corrected chi connectivity index (χ1v) is 7.86. The molecule has 2 aromatic carbocycles. The number of carbonyl (C=O) groups excluding carboxylic acids is 1. The maximum absolute atomic E-state index is 12.2. The molecule has 2 N–H and O–H groups in total. The van der Waals surface area contributed by atoms with Crippen molar-refractivity contribution < 1.29 is 19.4 Å². The second kappa shape index (κ2) is 8.03. The fourth-order valence-corrected chi connectivity index (χ4v) is 2.54. The molecule has 0 saturated heterocycles. The first-order valence-electron chi connectivity index (χ1n) is 6.69. The number of ether oxygens (including phenoxy) is 2. The van der Waals surface area contributed by atoms with Crippen molar-refractivity contribution in [3.8, 4) is 17.2 Å². The van der Waals surface area contributed by atoms with Crippen molar-refractivity contribution in [1.29, 1.82) is 0 Å². The van der Waals surface area contributed by atoms with Gasteiger partial charge in [0.2, 0.25) is 0 Å². The molecule has 0 saturated carbocycles. The Bertz CT molecular complexity index is 796. The van der Waals surface area contributed by atoms with E-state index >= 15 is 0 Å². The van der Waals surface area contributed by atoms with Gasteiger partial charge in [-0.25, -0.2) is 5.43 Å². The molecular formula is C16H14BrClN2O4. The Labute approximate surface area is 152 Å². The van der Waals surface area contributed by atoms with Gasteiger partial charge in [-0.3, -0.25) is 4.79 Å². The quantitative estimate of drug-likeness (QED) is 0.580. The lowest BCUT2D eigenvalue weighted by Gasteiger charge is -2.08. The maximum Gasteiger partial charge on any atom is 0.275 e. The molecule has 0 bridgehead atoms.